The smallest absolute Gasteiger partial charge is 0.225 e. The van der Waals surface area contributed by atoms with Crippen LogP contribution in [0.25, 0.3) is 10.9 Å². The van der Waals surface area contributed by atoms with E-state index in [-0.39, 0.29) is 0 Å². The van der Waals surface area contributed by atoms with Gasteiger partial charge in [0, 0.05) is 27.7 Å². The van der Waals surface area contributed by atoms with Crippen molar-refractivity contribution in [3.05, 3.63) is 52.5 Å². The number of halogens is 2. The van der Waals surface area contributed by atoms with Crippen molar-refractivity contribution < 1.29 is 0 Å². The second-order valence-corrected chi connectivity index (χ2v) is 7.38. The van der Waals surface area contributed by atoms with E-state index in [0.29, 0.717) is 16.0 Å². The molecule has 5 nitrogen and oxygen atoms in total. The summed E-state index contributed by atoms with van der Waals surface area (Å²) in [5.74, 6) is 1.32. The van der Waals surface area contributed by atoms with E-state index in [1.165, 1.54) is 0 Å². The molecular formula is C21H25Cl2N5. The first-order chi connectivity index (χ1) is 13.6. The first-order valence-electron chi connectivity index (χ1n) is 9.55. The van der Waals surface area contributed by atoms with Crippen molar-refractivity contribution in [1.82, 2.24) is 14.9 Å². The van der Waals surface area contributed by atoms with Crippen LogP contribution in [0.15, 0.2) is 42.5 Å². The molecule has 0 aliphatic rings. The SMILES string of the molecule is CCN(CC)CCCNc1nc(Nc2cc(Cl)cc(Cl)c2)c2ccccc2n1. The van der Waals surface area contributed by atoms with Crippen LogP contribution < -0.4 is 10.6 Å². The van der Waals surface area contributed by atoms with Gasteiger partial charge in [0.05, 0.1) is 5.52 Å². The van der Waals surface area contributed by atoms with Crippen molar-refractivity contribution in [3.63, 3.8) is 0 Å². The minimum absolute atomic E-state index is 0.572. The molecule has 28 heavy (non-hydrogen) atoms. The van der Waals surface area contributed by atoms with Crippen LogP contribution in [0.3, 0.4) is 0 Å². The third kappa shape index (κ3) is 5.47. The maximum absolute atomic E-state index is 6.13. The summed E-state index contributed by atoms with van der Waals surface area (Å²) in [6, 6.07) is 13.3. The fourth-order valence-corrected chi connectivity index (χ4v) is 3.58. The summed E-state index contributed by atoms with van der Waals surface area (Å²) in [5, 5.41) is 8.76. The highest BCUT2D eigenvalue weighted by atomic mass is 35.5. The summed E-state index contributed by atoms with van der Waals surface area (Å²) in [7, 11) is 0. The van der Waals surface area contributed by atoms with Gasteiger partial charge >= 0.3 is 0 Å². The number of benzene rings is 2. The van der Waals surface area contributed by atoms with Gasteiger partial charge in [-0.1, -0.05) is 49.2 Å². The van der Waals surface area contributed by atoms with E-state index >= 15 is 0 Å². The zero-order chi connectivity index (χ0) is 19.9. The number of aromatic nitrogens is 2. The molecule has 0 atom stereocenters. The molecule has 0 radical (unpaired) electrons. The molecule has 1 aromatic heterocycles. The van der Waals surface area contributed by atoms with E-state index < -0.39 is 0 Å². The molecule has 2 N–H and O–H groups in total. The summed E-state index contributed by atoms with van der Waals surface area (Å²) >= 11 is 12.3. The van der Waals surface area contributed by atoms with Crippen molar-refractivity contribution in [2.45, 2.75) is 20.3 Å². The Balaban J connectivity index is 1.79. The van der Waals surface area contributed by atoms with E-state index in [9.17, 15) is 0 Å². The third-order valence-electron chi connectivity index (χ3n) is 4.56. The number of rotatable bonds is 9. The summed E-state index contributed by atoms with van der Waals surface area (Å²) < 4.78 is 0. The number of fused-ring (bicyclic) bond motifs is 1. The molecule has 148 valence electrons. The van der Waals surface area contributed by atoms with Gasteiger partial charge in [0.1, 0.15) is 5.82 Å². The van der Waals surface area contributed by atoms with Crippen LogP contribution in [-0.2, 0) is 0 Å². The van der Waals surface area contributed by atoms with Gasteiger partial charge in [-0.25, -0.2) is 4.98 Å². The first-order valence-corrected chi connectivity index (χ1v) is 10.3. The predicted octanol–water partition coefficient (Wildman–Crippen LogP) is 5.82. The maximum atomic E-state index is 6.13. The largest absolute Gasteiger partial charge is 0.354 e. The Labute approximate surface area is 176 Å². The van der Waals surface area contributed by atoms with E-state index in [0.717, 1.165) is 55.0 Å². The Morgan fingerprint density at radius 3 is 2.39 bits per heavy atom. The van der Waals surface area contributed by atoms with Gasteiger partial charge in [0.15, 0.2) is 0 Å². The molecule has 1 heterocycles. The van der Waals surface area contributed by atoms with Crippen LogP contribution in [-0.4, -0.2) is 41.0 Å². The molecule has 0 bridgehead atoms. The number of nitrogens with zero attached hydrogens (tertiary/aromatic N) is 3. The van der Waals surface area contributed by atoms with Crippen LogP contribution in [0.2, 0.25) is 10.0 Å². The lowest BCUT2D eigenvalue weighted by Crippen LogP contribution is -2.25. The monoisotopic (exact) mass is 417 g/mol. The molecule has 0 spiro atoms. The van der Waals surface area contributed by atoms with Crippen molar-refractivity contribution >= 4 is 51.6 Å². The van der Waals surface area contributed by atoms with Crippen molar-refractivity contribution in [2.24, 2.45) is 0 Å². The average Bonchev–Trinajstić information content (AvgIpc) is 2.67. The van der Waals surface area contributed by atoms with E-state index in [1.807, 2.05) is 36.4 Å². The number of para-hydroxylation sites is 1. The molecular weight excluding hydrogens is 393 g/mol. The minimum Gasteiger partial charge on any atom is -0.354 e. The van der Waals surface area contributed by atoms with E-state index in [1.54, 1.807) is 6.07 Å². The van der Waals surface area contributed by atoms with Crippen LogP contribution in [0.4, 0.5) is 17.5 Å². The quantitative estimate of drug-likeness (QED) is 0.429. The zero-order valence-electron chi connectivity index (χ0n) is 16.2. The van der Waals surface area contributed by atoms with Crippen molar-refractivity contribution in [2.75, 3.05) is 36.8 Å². The second-order valence-electron chi connectivity index (χ2n) is 6.50. The molecule has 0 amide bonds. The van der Waals surface area contributed by atoms with E-state index in [2.05, 4.69) is 39.3 Å². The van der Waals surface area contributed by atoms with Crippen LogP contribution >= 0.6 is 23.2 Å². The van der Waals surface area contributed by atoms with Gasteiger partial charge in [0.25, 0.3) is 0 Å². The van der Waals surface area contributed by atoms with Crippen LogP contribution in [0.1, 0.15) is 20.3 Å². The number of nitrogens with one attached hydrogen (secondary N) is 2. The molecule has 3 rings (SSSR count). The first kappa shape index (κ1) is 20.6. The molecule has 2 aromatic carbocycles. The molecule has 0 unspecified atom stereocenters. The lowest BCUT2D eigenvalue weighted by Gasteiger charge is -2.18. The lowest BCUT2D eigenvalue weighted by atomic mass is 10.2. The van der Waals surface area contributed by atoms with E-state index in [4.69, 9.17) is 23.2 Å². The van der Waals surface area contributed by atoms with Gasteiger partial charge in [0.2, 0.25) is 5.95 Å². The highest BCUT2D eigenvalue weighted by molar-refractivity contribution is 6.35. The third-order valence-corrected chi connectivity index (χ3v) is 4.99. The van der Waals surface area contributed by atoms with Crippen molar-refractivity contribution in [1.29, 1.82) is 0 Å². The molecule has 0 aliphatic carbocycles. The maximum Gasteiger partial charge on any atom is 0.225 e. The fourth-order valence-electron chi connectivity index (χ4n) is 3.06. The topological polar surface area (TPSA) is 53.1 Å². The second kappa shape index (κ2) is 9.92. The van der Waals surface area contributed by atoms with Gasteiger partial charge in [-0.05, 0) is 56.4 Å². The summed E-state index contributed by atoms with van der Waals surface area (Å²) in [4.78, 5) is 11.7. The summed E-state index contributed by atoms with van der Waals surface area (Å²) in [6.07, 6.45) is 1.03. The summed E-state index contributed by atoms with van der Waals surface area (Å²) in [6.45, 7) is 8.38. The Morgan fingerprint density at radius 2 is 1.68 bits per heavy atom. The zero-order valence-corrected chi connectivity index (χ0v) is 17.7. The molecule has 0 saturated carbocycles. The Kier molecular flexibility index (Phi) is 7.31. The van der Waals surface area contributed by atoms with Crippen LogP contribution in [0.5, 0.6) is 0 Å². The highest BCUT2D eigenvalue weighted by Gasteiger charge is 2.09. The van der Waals surface area contributed by atoms with Crippen molar-refractivity contribution in [3.8, 4) is 0 Å². The van der Waals surface area contributed by atoms with Gasteiger partial charge in [-0.2, -0.15) is 4.98 Å². The number of hydrogen-bond donors (Lipinski definition) is 2. The highest BCUT2D eigenvalue weighted by Crippen LogP contribution is 2.28. The minimum atomic E-state index is 0.572. The predicted molar refractivity (Wildman–Crippen MR) is 120 cm³/mol. The normalized spacial score (nSPS) is 11.2. The lowest BCUT2D eigenvalue weighted by molar-refractivity contribution is 0.303. The average molecular weight is 418 g/mol. The molecule has 0 fully saturated rings. The molecule has 0 saturated heterocycles. The number of hydrogen-bond acceptors (Lipinski definition) is 5. The van der Waals surface area contributed by atoms with Gasteiger partial charge in [-0.3, -0.25) is 0 Å². The molecule has 3 aromatic rings. The van der Waals surface area contributed by atoms with Gasteiger partial charge in [-0.15, -0.1) is 0 Å². The molecule has 7 heteroatoms. The fraction of sp³-hybridized carbons (Fsp3) is 0.333. The Hall–Kier alpha value is -2.08. The Bertz CT molecular complexity index is 908. The summed E-state index contributed by atoms with van der Waals surface area (Å²) in [5.41, 5.74) is 1.66. The Morgan fingerprint density at radius 1 is 0.964 bits per heavy atom. The van der Waals surface area contributed by atoms with Crippen LogP contribution in [0, 0.1) is 0 Å². The van der Waals surface area contributed by atoms with Gasteiger partial charge < -0.3 is 15.5 Å². The molecule has 0 aliphatic heterocycles. The standard InChI is InChI=1S/C21H25Cl2N5/c1-3-28(4-2)11-7-10-24-21-26-19-9-6-5-8-18(19)20(27-21)25-17-13-15(22)12-16(23)14-17/h5-6,8-9,12-14H,3-4,7,10-11H2,1-2H3,(H2,24,25,26,27). The number of anilines is 3.